The lowest BCUT2D eigenvalue weighted by Crippen LogP contribution is -2.16. The third-order valence-electron chi connectivity index (χ3n) is 2.47. The Hall–Kier alpha value is -1.33. The highest BCUT2D eigenvalue weighted by molar-refractivity contribution is 9.10. The Morgan fingerprint density at radius 1 is 1.50 bits per heavy atom. The molecule has 94 valence electrons. The summed E-state index contributed by atoms with van der Waals surface area (Å²) in [6.07, 6.45) is 1.68. The summed E-state index contributed by atoms with van der Waals surface area (Å²) in [7, 11) is 1.76. The molecule has 1 N–H and O–H groups in total. The van der Waals surface area contributed by atoms with E-state index in [1.807, 2.05) is 13.0 Å². The minimum atomic E-state index is -0.237. The number of nitrogens with one attached hydrogen (secondary N) is 1. The SMILES string of the molecule is Cc1nc(NC(=O)c2cc(Cl)cn2C)ccc1Br. The van der Waals surface area contributed by atoms with E-state index in [1.54, 1.807) is 29.9 Å². The average Bonchev–Trinajstić information content (AvgIpc) is 2.63. The summed E-state index contributed by atoms with van der Waals surface area (Å²) in [5.41, 5.74) is 1.31. The number of hydrogen-bond acceptors (Lipinski definition) is 2. The summed E-state index contributed by atoms with van der Waals surface area (Å²) < 4.78 is 2.58. The van der Waals surface area contributed by atoms with E-state index < -0.39 is 0 Å². The lowest BCUT2D eigenvalue weighted by Gasteiger charge is -2.06. The minimum Gasteiger partial charge on any atom is -0.345 e. The highest BCUT2D eigenvalue weighted by atomic mass is 79.9. The van der Waals surface area contributed by atoms with Crippen LogP contribution in [0, 0.1) is 6.92 Å². The van der Waals surface area contributed by atoms with Crippen LogP contribution in [0.5, 0.6) is 0 Å². The molecule has 2 heterocycles. The summed E-state index contributed by atoms with van der Waals surface area (Å²) in [6, 6.07) is 5.19. The van der Waals surface area contributed by atoms with Crippen molar-refractivity contribution in [1.82, 2.24) is 9.55 Å². The molecule has 0 bridgehead atoms. The first kappa shape index (κ1) is 13.1. The maximum absolute atomic E-state index is 12.0. The van der Waals surface area contributed by atoms with Crippen molar-refractivity contribution >= 4 is 39.3 Å². The van der Waals surface area contributed by atoms with Gasteiger partial charge in [-0.15, -0.1) is 0 Å². The Labute approximate surface area is 118 Å². The molecule has 0 atom stereocenters. The second-order valence-corrected chi connectivity index (χ2v) is 5.16. The van der Waals surface area contributed by atoms with Crippen LogP contribution in [0.3, 0.4) is 0 Å². The molecule has 0 saturated heterocycles. The van der Waals surface area contributed by atoms with Crippen molar-refractivity contribution in [2.45, 2.75) is 6.92 Å². The van der Waals surface area contributed by atoms with Crippen molar-refractivity contribution in [2.75, 3.05) is 5.32 Å². The van der Waals surface area contributed by atoms with Gasteiger partial charge < -0.3 is 9.88 Å². The predicted octanol–water partition coefficient (Wildman–Crippen LogP) is 3.40. The van der Waals surface area contributed by atoms with Gasteiger partial charge in [-0.3, -0.25) is 4.79 Å². The number of amides is 1. The van der Waals surface area contributed by atoms with Crippen LogP contribution in [0.4, 0.5) is 5.82 Å². The highest BCUT2D eigenvalue weighted by Crippen LogP contribution is 2.18. The summed E-state index contributed by atoms with van der Waals surface area (Å²) in [5, 5.41) is 3.26. The van der Waals surface area contributed by atoms with Gasteiger partial charge in [0.25, 0.3) is 5.91 Å². The van der Waals surface area contributed by atoms with Gasteiger partial charge in [0.05, 0.1) is 10.7 Å². The van der Waals surface area contributed by atoms with Crippen LogP contribution in [0.25, 0.3) is 0 Å². The molecule has 0 fully saturated rings. The molecule has 0 aromatic carbocycles. The first-order valence-corrected chi connectivity index (χ1v) is 6.41. The number of halogens is 2. The van der Waals surface area contributed by atoms with E-state index in [2.05, 4.69) is 26.2 Å². The fourth-order valence-electron chi connectivity index (χ4n) is 1.54. The lowest BCUT2D eigenvalue weighted by molar-refractivity contribution is 0.101. The number of pyridine rings is 1. The van der Waals surface area contributed by atoms with E-state index in [0.29, 0.717) is 16.5 Å². The van der Waals surface area contributed by atoms with Gasteiger partial charge in [-0.1, -0.05) is 11.6 Å². The van der Waals surface area contributed by atoms with Crippen LogP contribution >= 0.6 is 27.5 Å². The number of nitrogens with zero attached hydrogens (tertiary/aromatic N) is 2. The molecular weight excluding hydrogens is 318 g/mol. The second kappa shape index (κ2) is 5.12. The Kier molecular flexibility index (Phi) is 3.73. The minimum absolute atomic E-state index is 0.237. The first-order valence-electron chi connectivity index (χ1n) is 5.24. The van der Waals surface area contributed by atoms with Gasteiger partial charge in [-0.05, 0) is 41.1 Å². The lowest BCUT2D eigenvalue weighted by atomic mass is 10.3. The Balaban J connectivity index is 2.21. The molecule has 2 aromatic heterocycles. The van der Waals surface area contributed by atoms with Gasteiger partial charge in [0, 0.05) is 17.7 Å². The van der Waals surface area contributed by atoms with E-state index in [9.17, 15) is 4.79 Å². The Morgan fingerprint density at radius 2 is 2.22 bits per heavy atom. The number of carbonyl (C=O) groups is 1. The molecular formula is C12H11BrClN3O. The summed E-state index contributed by atoms with van der Waals surface area (Å²) in [5.74, 6) is 0.275. The number of aryl methyl sites for hydroxylation is 2. The first-order chi connectivity index (χ1) is 8.47. The zero-order chi connectivity index (χ0) is 13.3. The van der Waals surface area contributed by atoms with E-state index in [4.69, 9.17) is 11.6 Å². The van der Waals surface area contributed by atoms with Crippen LogP contribution in [0.2, 0.25) is 5.02 Å². The molecule has 6 heteroatoms. The summed E-state index contributed by atoms with van der Waals surface area (Å²) in [4.78, 5) is 16.3. The number of anilines is 1. The molecule has 0 spiro atoms. The van der Waals surface area contributed by atoms with Crippen molar-refractivity contribution in [3.05, 3.63) is 45.3 Å². The number of aromatic nitrogens is 2. The van der Waals surface area contributed by atoms with Crippen LogP contribution in [0.1, 0.15) is 16.2 Å². The van der Waals surface area contributed by atoms with Gasteiger partial charge in [0.15, 0.2) is 0 Å². The van der Waals surface area contributed by atoms with Gasteiger partial charge in [-0.25, -0.2) is 4.98 Å². The van der Waals surface area contributed by atoms with Gasteiger partial charge >= 0.3 is 0 Å². The zero-order valence-electron chi connectivity index (χ0n) is 9.87. The maximum atomic E-state index is 12.0. The maximum Gasteiger partial charge on any atom is 0.273 e. The Morgan fingerprint density at radius 3 is 2.78 bits per heavy atom. The van der Waals surface area contributed by atoms with E-state index in [-0.39, 0.29) is 5.91 Å². The molecule has 0 aliphatic heterocycles. The molecule has 0 radical (unpaired) electrons. The van der Waals surface area contributed by atoms with Gasteiger partial charge in [0.2, 0.25) is 0 Å². The topological polar surface area (TPSA) is 46.9 Å². The molecule has 2 rings (SSSR count). The number of hydrogen-bond donors (Lipinski definition) is 1. The standard InChI is InChI=1S/C12H11BrClN3O/c1-7-9(13)3-4-11(15-7)16-12(18)10-5-8(14)6-17(10)2/h3-6H,1-2H3,(H,15,16,18). The third kappa shape index (κ3) is 2.73. The largest absolute Gasteiger partial charge is 0.345 e. The van der Waals surface area contributed by atoms with Crippen molar-refractivity contribution in [3.63, 3.8) is 0 Å². The highest BCUT2D eigenvalue weighted by Gasteiger charge is 2.12. The molecule has 0 saturated carbocycles. The monoisotopic (exact) mass is 327 g/mol. The van der Waals surface area contributed by atoms with E-state index in [0.717, 1.165) is 10.2 Å². The molecule has 0 aliphatic carbocycles. The van der Waals surface area contributed by atoms with Crippen molar-refractivity contribution < 1.29 is 4.79 Å². The third-order valence-corrected chi connectivity index (χ3v) is 3.51. The summed E-state index contributed by atoms with van der Waals surface area (Å²) in [6.45, 7) is 1.86. The molecule has 18 heavy (non-hydrogen) atoms. The fourth-order valence-corrected chi connectivity index (χ4v) is 2.01. The molecule has 0 aliphatic rings. The van der Waals surface area contributed by atoms with Gasteiger partial charge in [0.1, 0.15) is 11.5 Å². The average molecular weight is 329 g/mol. The predicted molar refractivity (Wildman–Crippen MR) is 75.1 cm³/mol. The Bertz CT molecular complexity index is 609. The quantitative estimate of drug-likeness (QED) is 0.918. The fraction of sp³-hybridized carbons (Fsp3) is 0.167. The van der Waals surface area contributed by atoms with Crippen LogP contribution < -0.4 is 5.32 Å². The normalized spacial score (nSPS) is 10.4. The van der Waals surface area contributed by atoms with Crippen LogP contribution in [0.15, 0.2) is 28.9 Å². The molecule has 0 unspecified atom stereocenters. The van der Waals surface area contributed by atoms with Crippen molar-refractivity contribution in [2.24, 2.45) is 7.05 Å². The summed E-state index contributed by atoms with van der Waals surface area (Å²) >= 11 is 9.19. The van der Waals surface area contributed by atoms with Crippen molar-refractivity contribution in [1.29, 1.82) is 0 Å². The smallest absolute Gasteiger partial charge is 0.273 e. The number of rotatable bonds is 2. The molecule has 1 amide bonds. The zero-order valence-corrected chi connectivity index (χ0v) is 12.2. The number of carbonyl (C=O) groups excluding carboxylic acids is 1. The second-order valence-electron chi connectivity index (χ2n) is 3.87. The molecule has 2 aromatic rings. The molecule has 4 nitrogen and oxygen atoms in total. The van der Waals surface area contributed by atoms with Gasteiger partial charge in [-0.2, -0.15) is 0 Å². The van der Waals surface area contributed by atoms with E-state index in [1.165, 1.54) is 0 Å². The van der Waals surface area contributed by atoms with Crippen LogP contribution in [-0.2, 0) is 7.05 Å². The van der Waals surface area contributed by atoms with E-state index >= 15 is 0 Å². The van der Waals surface area contributed by atoms with Crippen LogP contribution in [-0.4, -0.2) is 15.5 Å². The van der Waals surface area contributed by atoms with Crippen molar-refractivity contribution in [3.8, 4) is 0 Å².